The Balaban J connectivity index is 0.000000960. The fourth-order valence-corrected chi connectivity index (χ4v) is 7.40. The first-order valence-electron chi connectivity index (χ1n) is 9.45. The van der Waals surface area contributed by atoms with Crippen LogP contribution in [0.5, 0.6) is 0 Å². The average Bonchev–Trinajstić information content (AvgIpc) is 2.82. The molecule has 4 fully saturated rings. The van der Waals surface area contributed by atoms with Gasteiger partial charge in [-0.1, -0.05) is 20.3 Å². The van der Waals surface area contributed by atoms with E-state index in [1.165, 1.54) is 57.8 Å². The van der Waals surface area contributed by atoms with Crippen LogP contribution in [0.1, 0.15) is 71.6 Å². The van der Waals surface area contributed by atoms with E-state index in [4.69, 9.17) is 11.5 Å². The fraction of sp³-hybridized carbons (Fsp3) is 1.00. The van der Waals surface area contributed by atoms with Crippen molar-refractivity contribution in [3.8, 4) is 0 Å². The van der Waals surface area contributed by atoms with Crippen LogP contribution in [0.3, 0.4) is 0 Å². The van der Waals surface area contributed by atoms with E-state index < -0.39 is 0 Å². The van der Waals surface area contributed by atoms with Crippen molar-refractivity contribution in [3.63, 3.8) is 0 Å². The number of halogens is 2. The first kappa shape index (κ1) is 19.8. The Hall–Kier alpha value is 0.500. The Morgan fingerprint density at radius 1 is 0.826 bits per heavy atom. The van der Waals surface area contributed by atoms with E-state index in [2.05, 4.69) is 13.8 Å². The third-order valence-corrected chi connectivity index (χ3v) is 8.63. The summed E-state index contributed by atoms with van der Waals surface area (Å²) in [6.07, 6.45) is 12.7. The van der Waals surface area contributed by atoms with Crippen LogP contribution in [0.2, 0.25) is 0 Å². The van der Waals surface area contributed by atoms with E-state index >= 15 is 0 Å². The van der Waals surface area contributed by atoms with Crippen LogP contribution in [-0.4, -0.2) is 12.1 Å². The summed E-state index contributed by atoms with van der Waals surface area (Å²) in [5, 5.41) is 0. The molecule has 4 saturated carbocycles. The van der Waals surface area contributed by atoms with Crippen LogP contribution in [0.4, 0.5) is 0 Å². The highest BCUT2D eigenvalue weighted by atomic mass is 35.5. The third kappa shape index (κ3) is 2.86. The lowest BCUT2D eigenvalue weighted by molar-refractivity contribution is -0.109. The maximum atomic E-state index is 6.40. The Morgan fingerprint density at radius 3 is 2.30 bits per heavy atom. The van der Waals surface area contributed by atoms with Crippen molar-refractivity contribution in [2.45, 2.75) is 83.7 Å². The molecule has 0 spiro atoms. The van der Waals surface area contributed by atoms with Gasteiger partial charge in [-0.05, 0) is 85.9 Å². The molecule has 4 rings (SSSR count). The number of rotatable bonds is 0. The van der Waals surface area contributed by atoms with Gasteiger partial charge in [0.1, 0.15) is 0 Å². The zero-order chi connectivity index (χ0) is 14.8. The molecule has 23 heavy (non-hydrogen) atoms. The summed E-state index contributed by atoms with van der Waals surface area (Å²) in [7, 11) is 0. The largest absolute Gasteiger partial charge is 0.326 e. The van der Waals surface area contributed by atoms with Crippen molar-refractivity contribution in [1.29, 1.82) is 0 Å². The van der Waals surface area contributed by atoms with Gasteiger partial charge < -0.3 is 11.5 Å². The summed E-state index contributed by atoms with van der Waals surface area (Å²) in [6.45, 7) is 5.18. The predicted octanol–water partition coefficient (Wildman–Crippen LogP) is 4.53. The zero-order valence-electron chi connectivity index (χ0n) is 14.8. The van der Waals surface area contributed by atoms with Crippen molar-refractivity contribution in [2.75, 3.05) is 0 Å². The minimum atomic E-state index is 0. The lowest BCUT2D eigenvalue weighted by Gasteiger charge is -2.61. The Morgan fingerprint density at radius 2 is 1.57 bits per heavy atom. The van der Waals surface area contributed by atoms with Crippen molar-refractivity contribution < 1.29 is 0 Å². The summed E-state index contributed by atoms with van der Waals surface area (Å²) in [5.74, 6) is 3.79. The molecule has 4 aliphatic carbocycles. The molecule has 0 radical (unpaired) electrons. The van der Waals surface area contributed by atoms with Gasteiger partial charge in [-0.3, -0.25) is 0 Å². The monoisotopic (exact) mass is 362 g/mol. The molecule has 2 nitrogen and oxygen atoms in total. The lowest BCUT2D eigenvalue weighted by atomic mass is 9.44. The predicted molar refractivity (Wildman–Crippen MR) is 102 cm³/mol. The molecule has 0 aromatic heterocycles. The van der Waals surface area contributed by atoms with Gasteiger partial charge in [0, 0.05) is 12.1 Å². The first-order chi connectivity index (χ1) is 9.94. The second-order valence-electron chi connectivity index (χ2n) is 9.51. The van der Waals surface area contributed by atoms with Gasteiger partial charge in [0.2, 0.25) is 0 Å². The molecule has 0 saturated heterocycles. The van der Waals surface area contributed by atoms with Gasteiger partial charge in [0.25, 0.3) is 0 Å². The molecular formula is C19H36Cl2N2. The average molecular weight is 363 g/mol. The maximum Gasteiger partial charge on any atom is 0.0197 e. The third-order valence-electron chi connectivity index (χ3n) is 8.63. The lowest BCUT2D eigenvalue weighted by Crippen LogP contribution is -2.59. The summed E-state index contributed by atoms with van der Waals surface area (Å²) in [5.41, 5.74) is 13.9. The molecule has 4 heteroatoms. The smallest absolute Gasteiger partial charge is 0.0197 e. The highest BCUT2D eigenvalue weighted by Gasteiger charge is 2.58. The van der Waals surface area contributed by atoms with Crippen LogP contribution in [0, 0.1) is 34.5 Å². The second kappa shape index (κ2) is 6.67. The Bertz CT molecular complexity index is 432. The van der Waals surface area contributed by atoms with E-state index in [0.717, 1.165) is 23.7 Å². The van der Waals surface area contributed by atoms with Crippen LogP contribution in [-0.2, 0) is 0 Å². The second-order valence-corrected chi connectivity index (χ2v) is 9.51. The van der Waals surface area contributed by atoms with Gasteiger partial charge in [0.15, 0.2) is 0 Å². The first-order valence-corrected chi connectivity index (χ1v) is 9.45. The summed E-state index contributed by atoms with van der Waals surface area (Å²) in [6, 6.07) is 0.488. The molecule has 4 aliphatic rings. The van der Waals surface area contributed by atoms with Gasteiger partial charge >= 0.3 is 0 Å². The minimum Gasteiger partial charge on any atom is -0.326 e. The maximum absolute atomic E-state index is 6.40. The van der Waals surface area contributed by atoms with E-state index in [1.54, 1.807) is 0 Å². The van der Waals surface area contributed by atoms with E-state index in [0.29, 0.717) is 10.8 Å². The molecule has 8 atom stereocenters. The van der Waals surface area contributed by atoms with E-state index in [-0.39, 0.29) is 36.9 Å². The molecule has 0 amide bonds. The molecule has 4 N–H and O–H groups in total. The number of nitrogens with two attached hydrogens (primary N) is 2. The van der Waals surface area contributed by atoms with Crippen LogP contribution in [0.25, 0.3) is 0 Å². The van der Waals surface area contributed by atoms with Crippen molar-refractivity contribution in [1.82, 2.24) is 0 Å². The van der Waals surface area contributed by atoms with Crippen LogP contribution < -0.4 is 11.5 Å². The number of hydrogen-bond acceptors (Lipinski definition) is 2. The quantitative estimate of drug-likeness (QED) is 0.664. The normalized spacial score (nSPS) is 54.8. The van der Waals surface area contributed by atoms with Crippen molar-refractivity contribution >= 4 is 24.8 Å². The highest BCUT2D eigenvalue weighted by Crippen LogP contribution is 2.65. The molecule has 0 bridgehead atoms. The molecule has 0 aliphatic heterocycles. The summed E-state index contributed by atoms with van der Waals surface area (Å²) >= 11 is 0. The summed E-state index contributed by atoms with van der Waals surface area (Å²) in [4.78, 5) is 0. The Kier molecular flexibility index (Phi) is 5.74. The van der Waals surface area contributed by atoms with Crippen LogP contribution in [0.15, 0.2) is 0 Å². The van der Waals surface area contributed by atoms with Crippen molar-refractivity contribution in [2.24, 2.45) is 46.0 Å². The zero-order valence-corrected chi connectivity index (χ0v) is 16.4. The molecule has 136 valence electrons. The highest BCUT2D eigenvalue weighted by molar-refractivity contribution is 5.85. The molecule has 0 aromatic rings. The summed E-state index contributed by atoms with van der Waals surface area (Å²) < 4.78 is 0. The van der Waals surface area contributed by atoms with Crippen molar-refractivity contribution in [3.05, 3.63) is 0 Å². The molecule has 0 heterocycles. The number of fused-ring (bicyclic) bond motifs is 5. The SMILES string of the molecule is C[C@@]12CCC[C@H]1[C@H]1CC[C@H]3C[C@H](N)[C@H](N)C[C@]3(C)[C@H]1CC2.Cl.Cl. The van der Waals surface area contributed by atoms with Crippen LogP contribution >= 0.6 is 24.8 Å². The van der Waals surface area contributed by atoms with E-state index in [1.807, 2.05) is 0 Å². The topological polar surface area (TPSA) is 52.0 Å². The molecular weight excluding hydrogens is 327 g/mol. The van der Waals surface area contributed by atoms with Gasteiger partial charge in [-0.15, -0.1) is 24.8 Å². The van der Waals surface area contributed by atoms with Gasteiger partial charge in [0.05, 0.1) is 0 Å². The van der Waals surface area contributed by atoms with Gasteiger partial charge in [-0.2, -0.15) is 0 Å². The standard InChI is InChI=1S/C19H34N2.2ClH/c1-18-8-3-4-14(18)13-6-5-12-10-16(20)17(21)11-19(12,2)15(13)7-9-18;;/h12-17H,3-11,20-21H2,1-2H3;2*1H/t12-,13+,14-,15-,16-,17+,18-,19-;;/m0../s1. The molecule has 0 unspecified atom stereocenters. The minimum absolute atomic E-state index is 0. The van der Waals surface area contributed by atoms with E-state index in [9.17, 15) is 0 Å². The molecule has 0 aromatic carbocycles. The number of hydrogen-bond donors (Lipinski definition) is 2. The Labute approximate surface area is 154 Å². The van der Waals surface area contributed by atoms with Gasteiger partial charge in [-0.25, -0.2) is 0 Å². The fourth-order valence-electron chi connectivity index (χ4n) is 7.40.